The molecule has 1 amide bonds. The van der Waals surface area contributed by atoms with Gasteiger partial charge in [-0.15, -0.1) is 0 Å². The van der Waals surface area contributed by atoms with Crippen molar-refractivity contribution in [3.8, 4) is 5.75 Å². The maximum absolute atomic E-state index is 13.0. The molecule has 0 saturated carbocycles. The topological polar surface area (TPSA) is 61.7 Å². The van der Waals surface area contributed by atoms with Gasteiger partial charge in [-0.2, -0.15) is 5.10 Å². The minimum atomic E-state index is -0.492. The summed E-state index contributed by atoms with van der Waals surface area (Å²) in [5, 5.41) is 13.5. The van der Waals surface area contributed by atoms with Crippen molar-refractivity contribution in [2.75, 3.05) is 0 Å². The van der Waals surface area contributed by atoms with Crippen molar-refractivity contribution < 1.29 is 14.3 Å². The average molecular weight is 510 g/mol. The summed E-state index contributed by atoms with van der Waals surface area (Å²) in [6, 6.07) is 8.82. The molecular formula is C14H9FI2N2O2. The molecular weight excluding hydrogens is 501 g/mol. The molecule has 0 atom stereocenters. The van der Waals surface area contributed by atoms with Crippen molar-refractivity contribution in [3.05, 3.63) is 60.5 Å². The van der Waals surface area contributed by atoms with Crippen molar-refractivity contribution in [3.63, 3.8) is 0 Å². The Balaban J connectivity index is 2.07. The SMILES string of the molecule is O=C(N/N=C\c1cc(I)c(O)c(I)c1)c1cccc(F)c1. The van der Waals surface area contributed by atoms with E-state index in [1.165, 1.54) is 24.4 Å². The number of halogens is 3. The Bertz CT molecular complexity index is 697. The van der Waals surface area contributed by atoms with E-state index in [1.54, 1.807) is 12.1 Å². The van der Waals surface area contributed by atoms with E-state index in [1.807, 2.05) is 45.2 Å². The fraction of sp³-hybridized carbons (Fsp3) is 0. The monoisotopic (exact) mass is 510 g/mol. The van der Waals surface area contributed by atoms with Crippen molar-refractivity contribution in [2.24, 2.45) is 5.10 Å². The van der Waals surface area contributed by atoms with E-state index in [9.17, 15) is 14.3 Å². The molecule has 108 valence electrons. The molecule has 0 aliphatic heterocycles. The van der Waals surface area contributed by atoms with Crippen LogP contribution in [0.5, 0.6) is 5.75 Å². The zero-order valence-electron chi connectivity index (χ0n) is 10.5. The number of phenolic OH excluding ortho intramolecular Hbond substituents is 1. The minimum absolute atomic E-state index is 0.196. The third kappa shape index (κ3) is 4.37. The van der Waals surface area contributed by atoms with Gasteiger partial charge in [0.25, 0.3) is 5.91 Å². The van der Waals surface area contributed by atoms with Crippen LogP contribution in [0.25, 0.3) is 0 Å². The van der Waals surface area contributed by atoms with Gasteiger partial charge in [0.15, 0.2) is 0 Å². The van der Waals surface area contributed by atoms with Gasteiger partial charge in [-0.3, -0.25) is 4.79 Å². The number of rotatable bonds is 3. The molecule has 0 aromatic heterocycles. The van der Waals surface area contributed by atoms with Crippen LogP contribution in [0.2, 0.25) is 0 Å². The number of amides is 1. The van der Waals surface area contributed by atoms with Gasteiger partial charge in [0.2, 0.25) is 0 Å². The normalized spacial score (nSPS) is 10.8. The van der Waals surface area contributed by atoms with Gasteiger partial charge in [-0.1, -0.05) is 6.07 Å². The summed E-state index contributed by atoms with van der Waals surface area (Å²) < 4.78 is 14.4. The summed E-state index contributed by atoms with van der Waals surface area (Å²) in [6.45, 7) is 0. The fourth-order valence-electron chi connectivity index (χ4n) is 1.52. The lowest BCUT2D eigenvalue weighted by molar-refractivity contribution is 0.0954. The Morgan fingerprint density at radius 3 is 2.52 bits per heavy atom. The lowest BCUT2D eigenvalue weighted by Gasteiger charge is -2.02. The first-order chi connectivity index (χ1) is 9.97. The zero-order chi connectivity index (χ0) is 15.4. The van der Waals surface area contributed by atoms with Crippen molar-refractivity contribution in [1.29, 1.82) is 0 Å². The van der Waals surface area contributed by atoms with Crippen LogP contribution >= 0.6 is 45.2 Å². The lowest BCUT2D eigenvalue weighted by Crippen LogP contribution is -2.17. The van der Waals surface area contributed by atoms with Gasteiger partial charge >= 0.3 is 0 Å². The highest BCUT2D eigenvalue weighted by atomic mass is 127. The molecule has 7 heteroatoms. The molecule has 2 rings (SSSR count). The van der Waals surface area contributed by atoms with Crippen LogP contribution in [0.3, 0.4) is 0 Å². The molecule has 0 spiro atoms. The number of benzene rings is 2. The molecule has 0 saturated heterocycles. The summed E-state index contributed by atoms with van der Waals surface area (Å²) in [5.74, 6) is -0.750. The van der Waals surface area contributed by atoms with E-state index in [0.717, 1.165) is 11.6 Å². The highest BCUT2D eigenvalue weighted by Crippen LogP contribution is 2.26. The van der Waals surface area contributed by atoms with Crippen LogP contribution in [-0.4, -0.2) is 17.2 Å². The molecule has 0 aliphatic carbocycles. The third-order valence-corrected chi connectivity index (χ3v) is 4.15. The second-order valence-corrected chi connectivity index (χ2v) is 6.37. The summed E-state index contributed by atoms with van der Waals surface area (Å²) in [6.07, 6.45) is 1.46. The van der Waals surface area contributed by atoms with Gasteiger partial charge in [-0.25, -0.2) is 9.82 Å². The first-order valence-corrected chi connectivity index (χ1v) is 7.90. The van der Waals surface area contributed by atoms with Crippen LogP contribution in [0.15, 0.2) is 41.5 Å². The van der Waals surface area contributed by atoms with Crippen LogP contribution < -0.4 is 5.43 Å². The van der Waals surface area contributed by atoms with E-state index >= 15 is 0 Å². The lowest BCUT2D eigenvalue weighted by atomic mass is 10.2. The Morgan fingerprint density at radius 1 is 1.24 bits per heavy atom. The molecule has 0 radical (unpaired) electrons. The summed E-state index contributed by atoms with van der Waals surface area (Å²) >= 11 is 4.02. The van der Waals surface area contributed by atoms with E-state index < -0.39 is 11.7 Å². The molecule has 21 heavy (non-hydrogen) atoms. The largest absolute Gasteiger partial charge is 0.506 e. The average Bonchev–Trinajstić information content (AvgIpc) is 2.44. The molecule has 0 unspecified atom stereocenters. The predicted octanol–water partition coefficient (Wildman–Crippen LogP) is 3.50. The summed E-state index contributed by atoms with van der Waals surface area (Å²) in [7, 11) is 0. The molecule has 0 heterocycles. The van der Waals surface area contributed by atoms with Crippen LogP contribution in [0, 0.1) is 13.0 Å². The number of nitrogens with one attached hydrogen (secondary N) is 1. The van der Waals surface area contributed by atoms with Gasteiger partial charge in [0.1, 0.15) is 11.6 Å². The molecule has 2 aromatic rings. The number of hydrazone groups is 1. The van der Waals surface area contributed by atoms with Gasteiger partial charge in [-0.05, 0) is 81.1 Å². The van der Waals surface area contributed by atoms with Crippen molar-refractivity contribution in [1.82, 2.24) is 5.43 Å². The first-order valence-electron chi connectivity index (χ1n) is 5.74. The van der Waals surface area contributed by atoms with Crippen LogP contribution in [0.4, 0.5) is 4.39 Å². The van der Waals surface area contributed by atoms with E-state index in [0.29, 0.717) is 7.14 Å². The fourth-order valence-corrected chi connectivity index (χ4v) is 3.34. The summed E-state index contributed by atoms with van der Waals surface area (Å²) in [4.78, 5) is 11.7. The molecule has 0 fully saturated rings. The number of carbonyl (C=O) groups excluding carboxylic acids is 1. The van der Waals surface area contributed by atoms with Crippen LogP contribution in [-0.2, 0) is 0 Å². The molecule has 2 aromatic carbocycles. The summed E-state index contributed by atoms with van der Waals surface area (Å²) in [5.41, 5.74) is 3.26. The van der Waals surface area contributed by atoms with E-state index in [-0.39, 0.29) is 11.3 Å². The number of hydrogen-bond acceptors (Lipinski definition) is 3. The molecule has 0 bridgehead atoms. The third-order valence-electron chi connectivity index (χ3n) is 2.51. The standard InChI is InChI=1S/C14H9FI2N2O2/c15-10-3-1-2-9(6-10)14(21)19-18-7-8-4-11(16)13(20)12(17)5-8/h1-7,20H,(H,19,21)/b18-7-. The zero-order valence-corrected chi connectivity index (χ0v) is 14.8. The second-order valence-electron chi connectivity index (χ2n) is 4.04. The number of carbonyl (C=O) groups is 1. The van der Waals surface area contributed by atoms with E-state index in [2.05, 4.69) is 10.5 Å². The van der Waals surface area contributed by atoms with Gasteiger partial charge in [0.05, 0.1) is 13.4 Å². The van der Waals surface area contributed by atoms with Crippen molar-refractivity contribution in [2.45, 2.75) is 0 Å². The number of phenols is 1. The minimum Gasteiger partial charge on any atom is -0.506 e. The highest BCUT2D eigenvalue weighted by Gasteiger charge is 2.06. The maximum Gasteiger partial charge on any atom is 0.271 e. The predicted molar refractivity (Wildman–Crippen MR) is 95.0 cm³/mol. The molecule has 2 N–H and O–H groups in total. The second kappa shape index (κ2) is 7.16. The van der Waals surface area contributed by atoms with E-state index in [4.69, 9.17) is 0 Å². The number of hydrogen-bond donors (Lipinski definition) is 2. The van der Waals surface area contributed by atoms with Gasteiger partial charge in [0, 0.05) is 5.56 Å². The quantitative estimate of drug-likeness (QED) is 0.378. The van der Waals surface area contributed by atoms with Gasteiger partial charge < -0.3 is 5.11 Å². The smallest absolute Gasteiger partial charge is 0.271 e. The van der Waals surface area contributed by atoms with Crippen molar-refractivity contribution >= 4 is 57.3 Å². The Labute approximate surface area is 147 Å². The Hall–Kier alpha value is -1.23. The Kier molecular flexibility index (Phi) is 5.51. The highest BCUT2D eigenvalue weighted by molar-refractivity contribution is 14.1. The van der Waals surface area contributed by atoms with Crippen LogP contribution in [0.1, 0.15) is 15.9 Å². The molecule has 4 nitrogen and oxygen atoms in total. The first kappa shape index (κ1) is 16.1. The maximum atomic E-state index is 13.0. The number of aromatic hydroxyl groups is 1. The number of nitrogens with zero attached hydrogens (tertiary/aromatic N) is 1. The molecule has 0 aliphatic rings. The Morgan fingerprint density at radius 2 is 1.90 bits per heavy atom.